The standard InChI is InChI=1S/C22H28N2O6S/c1-15-13-18(16(2)30-15)22(26)29-14-21(25)23-19-11-7-8-12-20(19)31(27,28)24(3)17-9-5-4-6-10-17/h7-8,11-13,17H,4-6,9-10,14H2,1-3H3,(H,23,25). The van der Waals surface area contributed by atoms with Gasteiger partial charge in [-0.1, -0.05) is 31.4 Å². The second kappa shape index (κ2) is 9.65. The summed E-state index contributed by atoms with van der Waals surface area (Å²) in [6.07, 6.45) is 4.78. The van der Waals surface area contributed by atoms with Crippen LogP contribution in [0.5, 0.6) is 0 Å². The fourth-order valence-electron chi connectivity index (χ4n) is 3.82. The van der Waals surface area contributed by atoms with Crippen LogP contribution in [0.15, 0.2) is 39.6 Å². The lowest BCUT2D eigenvalue weighted by atomic mass is 9.96. The van der Waals surface area contributed by atoms with Crippen molar-refractivity contribution in [2.75, 3.05) is 19.0 Å². The lowest BCUT2D eigenvalue weighted by molar-refractivity contribution is -0.119. The number of benzene rings is 1. The van der Waals surface area contributed by atoms with Crippen molar-refractivity contribution in [3.8, 4) is 0 Å². The number of para-hydroxylation sites is 1. The molecule has 31 heavy (non-hydrogen) atoms. The number of ether oxygens (including phenoxy) is 1. The van der Waals surface area contributed by atoms with E-state index in [4.69, 9.17) is 9.15 Å². The summed E-state index contributed by atoms with van der Waals surface area (Å²) in [7, 11) is -2.21. The first-order valence-corrected chi connectivity index (χ1v) is 11.7. The number of hydrogen-bond acceptors (Lipinski definition) is 6. The maximum absolute atomic E-state index is 13.2. The number of rotatable bonds is 7. The van der Waals surface area contributed by atoms with Gasteiger partial charge in [0.2, 0.25) is 10.0 Å². The van der Waals surface area contributed by atoms with Crippen LogP contribution in [0.3, 0.4) is 0 Å². The third-order valence-electron chi connectivity index (χ3n) is 5.50. The molecule has 1 aromatic carbocycles. The highest BCUT2D eigenvalue weighted by atomic mass is 32.2. The molecule has 0 bridgehead atoms. The third-order valence-corrected chi connectivity index (χ3v) is 7.47. The summed E-state index contributed by atoms with van der Waals surface area (Å²) in [5, 5.41) is 2.56. The second-order valence-electron chi connectivity index (χ2n) is 7.76. The van der Waals surface area contributed by atoms with E-state index < -0.39 is 28.5 Å². The van der Waals surface area contributed by atoms with Crippen LogP contribution in [0.4, 0.5) is 5.69 Å². The van der Waals surface area contributed by atoms with Gasteiger partial charge in [0.25, 0.3) is 5.91 Å². The van der Waals surface area contributed by atoms with Crippen molar-refractivity contribution in [2.45, 2.75) is 56.9 Å². The zero-order valence-corrected chi connectivity index (χ0v) is 18.8. The minimum absolute atomic E-state index is 0.0176. The minimum Gasteiger partial charge on any atom is -0.466 e. The molecule has 168 valence electrons. The number of carbonyl (C=O) groups is 2. The Labute approximate surface area is 182 Å². The van der Waals surface area contributed by atoms with E-state index in [0.29, 0.717) is 11.5 Å². The molecule has 1 fully saturated rings. The Hall–Kier alpha value is -2.65. The maximum Gasteiger partial charge on any atom is 0.342 e. The number of amides is 1. The largest absolute Gasteiger partial charge is 0.466 e. The molecular formula is C22H28N2O6S. The first-order valence-electron chi connectivity index (χ1n) is 10.3. The van der Waals surface area contributed by atoms with Gasteiger partial charge in [0.05, 0.1) is 5.69 Å². The summed E-state index contributed by atoms with van der Waals surface area (Å²) >= 11 is 0. The lowest BCUT2D eigenvalue weighted by Crippen LogP contribution is -2.38. The van der Waals surface area contributed by atoms with Crippen LogP contribution in [0.1, 0.15) is 54.0 Å². The van der Waals surface area contributed by atoms with Gasteiger partial charge in [-0.3, -0.25) is 4.79 Å². The van der Waals surface area contributed by atoms with Crippen molar-refractivity contribution >= 4 is 27.6 Å². The number of hydrogen-bond donors (Lipinski definition) is 1. The van der Waals surface area contributed by atoms with Crippen LogP contribution in [0.2, 0.25) is 0 Å². The molecule has 1 N–H and O–H groups in total. The van der Waals surface area contributed by atoms with E-state index in [0.717, 1.165) is 32.1 Å². The first-order chi connectivity index (χ1) is 14.7. The summed E-state index contributed by atoms with van der Waals surface area (Å²) < 4.78 is 38.2. The van der Waals surface area contributed by atoms with E-state index in [9.17, 15) is 18.0 Å². The Morgan fingerprint density at radius 3 is 2.48 bits per heavy atom. The molecule has 2 aromatic rings. The number of furan rings is 1. The topological polar surface area (TPSA) is 106 Å². The van der Waals surface area contributed by atoms with E-state index in [1.165, 1.54) is 16.4 Å². The lowest BCUT2D eigenvalue weighted by Gasteiger charge is -2.30. The van der Waals surface area contributed by atoms with Crippen molar-refractivity contribution in [3.63, 3.8) is 0 Å². The predicted octanol–water partition coefficient (Wildman–Crippen LogP) is 3.65. The number of aryl methyl sites for hydroxylation is 2. The minimum atomic E-state index is -3.79. The molecule has 1 aliphatic carbocycles. The summed E-state index contributed by atoms with van der Waals surface area (Å²) in [4.78, 5) is 24.5. The molecular weight excluding hydrogens is 420 g/mol. The molecule has 0 unspecified atom stereocenters. The van der Waals surface area contributed by atoms with Crippen LogP contribution >= 0.6 is 0 Å². The fourth-order valence-corrected chi connectivity index (χ4v) is 5.38. The van der Waals surface area contributed by atoms with Crippen LogP contribution in [-0.4, -0.2) is 44.3 Å². The SMILES string of the molecule is Cc1cc(C(=O)OCC(=O)Nc2ccccc2S(=O)(=O)N(C)C2CCCCC2)c(C)o1. The Kier molecular flexibility index (Phi) is 7.17. The van der Waals surface area contributed by atoms with Gasteiger partial charge in [-0.25, -0.2) is 13.2 Å². The highest BCUT2D eigenvalue weighted by Gasteiger charge is 2.31. The molecule has 0 aliphatic heterocycles. The van der Waals surface area contributed by atoms with Crippen molar-refractivity contribution < 1.29 is 27.2 Å². The second-order valence-corrected chi connectivity index (χ2v) is 9.73. The van der Waals surface area contributed by atoms with Crippen LogP contribution in [0.25, 0.3) is 0 Å². The van der Waals surface area contributed by atoms with E-state index >= 15 is 0 Å². The van der Waals surface area contributed by atoms with E-state index in [1.54, 1.807) is 39.1 Å². The Morgan fingerprint density at radius 1 is 1.16 bits per heavy atom. The van der Waals surface area contributed by atoms with Crippen molar-refractivity contribution in [1.29, 1.82) is 0 Å². The molecule has 1 amide bonds. The molecule has 1 heterocycles. The van der Waals surface area contributed by atoms with Gasteiger partial charge < -0.3 is 14.5 Å². The molecule has 3 rings (SSSR count). The van der Waals surface area contributed by atoms with Crippen molar-refractivity contribution in [1.82, 2.24) is 4.31 Å². The van der Waals surface area contributed by atoms with Gasteiger partial charge in [0, 0.05) is 13.1 Å². The number of nitrogens with one attached hydrogen (secondary N) is 1. The number of sulfonamides is 1. The molecule has 0 radical (unpaired) electrons. The average molecular weight is 449 g/mol. The van der Waals surface area contributed by atoms with Crippen molar-refractivity contribution in [2.24, 2.45) is 0 Å². The highest BCUT2D eigenvalue weighted by molar-refractivity contribution is 7.89. The van der Waals surface area contributed by atoms with E-state index in [1.807, 2.05) is 0 Å². The molecule has 0 saturated heterocycles. The fraction of sp³-hybridized carbons (Fsp3) is 0.455. The number of carbonyl (C=O) groups excluding carboxylic acids is 2. The normalized spacial score (nSPS) is 15.1. The summed E-state index contributed by atoms with van der Waals surface area (Å²) in [6, 6.07) is 7.72. The Balaban J connectivity index is 1.69. The van der Waals surface area contributed by atoms with Crippen LogP contribution in [-0.2, 0) is 19.6 Å². The van der Waals surface area contributed by atoms with Gasteiger partial charge in [0.15, 0.2) is 6.61 Å². The van der Waals surface area contributed by atoms with Crippen LogP contribution in [0, 0.1) is 13.8 Å². The van der Waals surface area contributed by atoms with E-state index in [2.05, 4.69) is 5.32 Å². The zero-order valence-electron chi connectivity index (χ0n) is 18.0. The first kappa shape index (κ1) is 23.0. The molecule has 0 spiro atoms. The molecule has 0 atom stereocenters. The quantitative estimate of drug-likeness (QED) is 0.648. The maximum atomic E-state index is 13.2. The van der Waals surface area contributed by atoms with Gasteiger partial charge in [-0.15, -0.1) is 0 Å². The number of nitrogens with zero attached hydrogens (tertiary/aromatic N) is 1. The molecule has 1 aliphatic rings. The smallest absolute Gasteiger partial charge is 0.342 e. The molecule has 9 heteroatoms. The summed E-state index contributed by atoms with van der Waals surface area (Å²) in [6.45, 7) is 2.79. The summed E-state index contributed by atoms with van der Waals surface area (Å²) in [5.74, 6) is -0.336. The van der Waals surface area contributed by atoms with Gasteiger partial charge >= 0.3 is 5.97 Å². The highest BCUT2D eigenvalue weighted by Crippen LogP contribution is 2.29. The van der Waals surface area contributed by atoms with E-state index in [-0.39, 0.29) is 22.2 Å². The summed E-state index contributed by atoms with van der Waals surface area (Å²) in [5.41, 5.74) is 0.406. The van der Waals surface area contributed by atoms with Crippen LogP contribution < -0.4 is 5.32 Å². The zero-order chi connectivity index (χ0) is 22.6. The predicted molar refractivity (Wildman–Crippen MR) is 115 cm³/mol. The van der Waals surface area contributed by atoms with Gasteiger partial charge in [-0.2, -0.15) is 4.31 Å². The molecule has 1 saturated carbocycles. The van der Waals surface area contributed by atoms with Gasteiger partial charge in [0.1, 0.15) is 22.0 Å². The molecule has 1 aromatic heterocycles. The van der Waals surface area contributed by atoms with Gasteiger partial charge in [-0.05, 0) is 44.9 Å². The monoisotopic (exact) mass is 448 g/mol. The molecule has 8 nitrogen and oxygen atoms in total. The van der Waals surface area contributed by atoms with Crippen molar-refractivity contribution in [3.05, 3.63) is 47.4 Å². The number of anilines is 1. The Morgan fingerprint density at radius 2 is 1.84 bits per heavy atom. The average Bonchev–Trinajstić information content (AvgIpc) is 3.10. The third kappa shape index (κ3) is 5.34. The number of esters is 1. The Bertz CT molecular complexity index is 1050.